The summed E-state index contributed by atoms with van der Waals surface area (Å²) < 4.78 is 0. The fraction of sp³-hybridized carbons (Fsp3) is 0.462. The number of rotatable bonds is 0. The number of hydrogen-bond donors (Lipinski definition) is 0. The van der Waals surface area contributed by atoms with Crippen LogP contribution < -0.4 is 0 Å². The first-order valence-corrected chi connectivity index (χ1v) is 5.57. The summed E-state index contributed by atoms with van der Waals surface area (Å²) in [5.74, 6) is 1.17. The molecule has 2 atom stereocenters. The Bertz CT molecular complexity index is 413. The minimum Gasteiger partial charge on any atom is -0.305 e. The molecule has 1 heterocycles. The van der Waals surface area contributed by atoms with Gasteiger partial charge in [-0.05, 0) is 24.9 Å². The number of ketones is 1. The molecular weight excluding hydrogens is 186 g/mol. The lowest BCUT2D eigenvalue weighted by atomic mass is 9.73. The number of carbonyl (C=O) groups excluding carboxylic acids is 1. The number of benzene rings is 1. The Morgan fingerprint density at radius 2 is 1.93 bits per heavy atom. The number of hydrogen-bond acceptors (Lipinski definition) is 2. The minimum atomic E-state index is 0.239. The highest BCUT2D eigenvalue weighted by Gasteiger charge is 2.37. The summed E-state index contributed by atoms with van der Waals surface area (Å²) in [6.07, 6.45) is 1.06. The number of carbonyl (C=O) groups is 1. The van der Waals surface area contributed by atoms with Gasteiger partial charge in [0, 0.05) is 24.6 Å². The quantitative estimate of drug-likeness (QED) is 0.639. The van der Waals surface area contributed by atoms with Crippen molar-refractivity contribution in [1.82, 2.24) is 4.90 Å². The van der Waals surface area contributed by atoms with Crippen LogP contribution in [0.5, 0.6) is 0 Å². The third kappa shape index (κ3) is 1.32. The fourth-order valence-electron chi connectivity index (χ4n) is 3.03. The highest BCUT2D eigenvalue weighted by Crippen LogP contribution is 2.38. The van der Waals surface area contributed by atoms with Gasteiger partial charge >= 0.3 is 0 Å². The van der Waals surface area contributed by atoms with Gasteiger partial charge in [0.1, 0.15) is 0 Å². The monoisotopic (exact) mass is 201 g/mol. The molecule has 2 aliphatic rings. The largest absolute Gasteiger partial charge is 0.305 e. The first-order chi connectivity index (χ1) is 7.25. The molecule has 0 radical (unpaired) electrons. The minimum absolute atomic E-state index is 0.239. The smallest absolute Gasteiger partial charge is 0.167 e. The Balaban J connectivity index is 2.11. The molecular formula is C13H15NO. The normalized spacial score (nSPS) is 30.1. The number of likely N-dealkylation sites (N-methyl/N-ethyl adjacent to an activating group) is 1. The van der Waals surface area contributed by atoms with Crippen LogP contribution >= 0.6 is 0 Å². The molecule has 2 bridgehead atoms. The zero-order chi connectivity index (χ0) is 10.4. The summed E-state index contributed by atoms with van der Waals surface area (Å²) in [7, 11) is 2.11. The molecule has 0 N–H and O–H groups in total. The summed E-state index contributed by atoms with van der Waals surface area (Å²) in [5.41, 5.74) is 2.25. The van der Waals surface area contributed by atoms with E-state index in [2.05, 4.69) is 18.0 Å². The van der Waals surface area contributed by atoms with E-state index in [0.29, 0.717) is 11.7 Å². The third-order valence-electron chi connectivity index (χ3n) is 3.67. The molecule has 2 unspecified atom stereocenters. The second kappa shape index (κ2) is 3.17. The van der Waals surface area contributed by atoms with E-state index in [0.717, 1.165) is 25.1 Å². The molecule has 1 aliphatic heterocycles. The average Bonchev–Trinajstić information content (AvgIpc) is 2.26. The van der Waals surface area contributed by atoms with Crippen molar-refractivity contribution < 1.29 is 4.79 Å². The molecule has 0 aromatic heterocycles. The standard InChI is InChI=1S/C13H15NO/c1-14-7-9-6-10(8-14)13(15)12-5-3-2-4-11(9)12/h2-5,9-10H,6-8H2,1H3. The second-order valence-electron chi connectivity index (χ2n) is 4.80. The van der Waals surface area contributed by atoms with Crippen LogP contribution in [-0.2, 0) is 0 Å². The van der Waals surface area contributed by atoms with Crippen molar-refractivity contribution in [2.75, 3.05) is 20.1 Å². The zero-order valence-corrected chi connectivity index (χ0v) is 8.94. The molecule has 78 valence electrons. The highest BCUT2D eigenvalue weighted by molar-refractivity contribution is 6.00. The molecule has 1 aromatic rings. The Kier molecular flexibility index (Phi) is 1.93. The van der Waals surface area contributed by atoms with E-state index in [1.807, 2.05) is 18.2 Å². The van der Waals surface area contributed by atoms with E-state index in [9.17, 15) is 4.79 Å². The van der Waals surface area contributed by atoms with Crippen LogP contribution in [0.3, 0.4) is 0 Å². The molecule has 2 heteroatoms. The Hall–Kier alpha value is -1.15. The van der Waals surface area contributed by atoms with Gasteiger partial charge in [-0.2, -0.15) is 0 Å². The molecule has 3 rings (SSSR count). The molecule has 1 fully saturated rings. The van der Waals surface area contributed by atoms with Gasteiger partial charge in [0.05, 0.1) is 0 Å². The summed E-state index contributed by atoms with van der Waals surface area (Å²) in [6.45, 7) is 2.03. The van der Waals surface area contributed by atoms with Crippen LogP contribution in [0.4, 0.5) is 0 Å². The van der Waals surface area contributed by atoms with Crippen LogP contribution in [0.1, 0.15) is 28.3 Å². The predicted octanol–water partition coefficient (Wildman–Crippen LogP) is 1.92. The van der Waals surface area contributed by atoms with Crippen LogP contribution in [0.2, 0.25) is 0 Å². The zero-order valence-electron chi connectivity index (χ0n) is 8.94. The van der Waals surface area contributed by atoms with Crippen molar-refractivity contribution in [3.05, 3.63) is 35.4 Å². The molecule has 1 aromatic carbocycles. The van der Waals surface area contributed by atoms with Gasteiger partial charge in [0.25, 0.3) is 0 Å². The third-order valence-corrected chi connectivity index (χ3v) is 3.67. The number of Topliss-reactive ketones (excluding diaryl/α,β-unsaturated/α-hetero) is 1. The topological polar surface area (TPSA) is 20.3 Å². The van der Waals surface area contributed by atoms with E-state index < -0.39 is 0 Å². The number of fused-ring (bicyclic) bond motifs is 4. The number of piperidine rings is 1. The average molecular weight is 201 g/mol. The van der Waals surface area contributed by atoms with E-state index in [4.69, 9.17) is 0 Å². The fourth-order valence-corrected chi connectivity index (χ4v) is 3.03. The lowest BCUT2D eigenvalue weighted by Gasteiger charge is -2.39. The Labute approximate surface area is 89.9 Å². The van der Waals surface area contributed by atoms with Crippen molar-refractivity contribution in [2.24, 2.45) is 5.92 Å². The van der Waals surface area contributed by atoms with Gasteiger partial charge in [-0.25, -0.2) is 0 Å². The van der Waals surface area contributed by atoms with Gasteiger partial charge in [0.2, 0.25) is 0 Å². The van der Waals surface area contributed by atoms with E-state index in [-0.39, 0.29) is 5.92 Å². The molecule has 0 saturated carbocycles. The summed E-state index contributed by atoms with van der Waals surface area (Å²) in [4.78, 5) is 14.4. The molecule has 0 spiro atoms. The first kappa shape index (κ1) is 9.10. The van der Waals surface area contributed by atoms with Crippen molar-refractivity contribution in [3.63, 3.8) is 0 Å². The number of nitrogens with zero attached hydrogens (tertiary/aromatic N) is 1. The van der Waals surface area contributed by atoms with E-state index >= 15 is 0 Å². The SMILES string of the molecule is CN1CC2CC(C1)c1ccccc1C2=O. The van der Waals surface area contributed by atoms with Gasteiger partial charge in [-0.3, -0.25) is 4.79 Å². The first-order valence-electron chi connectivity index (χ1n) is 5.57. The Morgan fingerprint density at radius 3 is 2.80 bits per heavy atom. The van der Waals surface area contributed by atoms with Crippen molar-refractivity contribution >= 4 is 5.78 Å². The number of likely N-dealkylation sites (tertiary alicyclic amines) is 1. The van der Waals surface area contributed by atoms with Crippen molar-refractivity contribution in [2.45, 2.75) is 12.3 Å². The maximum Gasteiger partial charge on any atom is 0.167 e. The maximum absolute atomic E-state index is 12.1. The molecule has 1 saturated heterocycles. The van der Waals surface area contributed by atoms with Crippen LogP contribution in [0.15, 0.2) is 24.3 Å². The molecule has 0 amide bonds. The summed E-state index contributed by atoms with van der Waals surface area (Å²) in [6, 6.07) is 8.12. The van der Waals surface area contributed by atoms with E-state index in [1.54, 1.807) is 0 Å². The Morgan fingerprint density at radius 1 is 1.20 bits per heavy atom. The van der Waals surface area contributed by atoms with Gasteiger partial charge < -0.3 is 4.90 Å². The lowest BCUT2D eigenvalue weighted by molar-refractivity contribution is 0.0790. The van der Waals surface area contributed by atoms with Gasteiger partial charge in [0.15, 0.2) is 5.78 Å². The van der Waals surface area contributed by atoms with Gasteiger partial charge in [-0.15, -0.1) is 0 Å². The lowest BCUT2D eigenvalue weighted by Crippen LogP contribution is -2.43. The summed E-state index contributed by atoms with van der Waals surface area (Å²) in [5, 5.41) is 0. The molecule has 1 aliphatic carbocycles. The highest BCUT2D eigenvalue weighted by atomic mass is 16.1. The van der Waals surface area contributed by atoms with Crippen molar-refractivity contribution in [3.8, 4) is 0 Å². The summed E-state index contributed by atoms with van der Waals surface area (Å²) >= 11 is 0. The van der Waals surface area contributed by atoms with Crippen LogP contribution in [0, 0.1) is 5.92 Å². The van der Waals surface area contributed by atoms with Gasteiger partial charge in [-0.1, -0.05) is 24.3 Å². The van der Waals surface area contributed by atoms with E-state index in [1.165, 1.54) is 5.56 Å². The van der Waals surface area contributed by atoms with Crippen LogP contribution in [-0.4, -0.2) is 30.8 Å². The van der Waals surface area contributed by atoms with Crippen molar-refractivity contribution in [1.29, 1.82) is 0 Å². The van der Waals surface area contributed by atoms with Crippen LogP contribution in [0.25, 0.3) is 0 Å². The maximum atomic E-state index is 12.1. The predicted molar refractivity (Wildman–Crippen MR) is 59.1 cm³/mol. The second-order valence-corrected chi connectivity index (χ2v) is 4.80. The molecule has 15 heavy (non-hydrogen) atoms. The molecule has 2 nitrogen and oxygen atoms in total.